The number of rotatable bonds is 1. The highest BCUT2D eigenvalue weighted by atomic mass is 16.7. The van der Waals surface area contributed by atoms with E-state index in [4.69, 9.17) is 18.9 Å². The third-order valence-corrected chi connectivity index (χ3v) is 9.49. The zero-order valence-electron chi connectivity index (χ0n) is 18.7. The summed E-state index contributed by atoms with van der Waals surface area (Å²) in [5.41, 5.74) is -1.22. The Kier molecular flexibility index (Phi) is 3.57. The lowest BCUT2D eigenvalue weighted by atomic mass is 9.41. The minimum atomic E-state index is -1.39. The van der Waals surface area contributed by atoms with Crippen molar-refractivity contribution in [2.24, 2.45) is 11.3 Å². The minimum Gasteiger partial charge on any atom is -0.467 e. The zero-order valence-corrected chi connectivity index (χ0v) is 18.7. The van der Waals surface area contributed by atoms with Crippen LogP contribution in [-0.2, 0) is 24.5 Å². The Morgan fingerprint density at radius 3 is 2.76 bits per heavy atom. The molecule has 1 aromatic rings. The van der Waals surface area contributed by atoms with Crippen molar-refractivity contribution < 1.29 is 33.3 Å². The van der Waals surface area contributed by atoms with E-state index in [-0.39, 0.29) is 24.0 Å². The van der Waals surface area contributed by atoms with Crippen molar-refractivity contribution in [2.45, 2.75) is 49.1 Å². The van der Waals surface area contributed by atoms with Crippen LogP contribution in [0.4, 0.5) is 10.5 Å². The van der Waals surface area contributed by atoms with E-state index in [1.807, 2.05) is 12.1 Å². The van der Waals surface area contributed by atoms with Gasteiger partial charge in [0.25, 0.3) is 0 Å². The van der Waals surface area contributed by atoms with Gasteiger partial charge in [0.05, 0.1) is 25.3 Å². The molecule has 2 aliphatic carbocycles. The molecule has 1 spiro atoms. The lowest BCUT2D eigenvalue weighted by molar-refractivity contribution is -0.166. The van der Waals surface area contributed by atoms with Gasteiger partial charge in [-0.3, -0.25) is 14.6 Å². The molecule has 33 heavy (non-hydrogen) atoms. The standard InChI is InChI=1S/C24H26N2O7/c1-30-20(28)23-8-7-22-6-3-9-25-11-14(15(27)10-22)24(23,19(22)25)13-4-5-16-18(33-12-32-16)17(13)26(23)21(29)31-2/h4-5,14,19H,3,6-12H2,1-2H3/t14?,19-,22+,23+,24-/m0/s1. The number of Topliss-reactive ketones (excluding diaryl/α,β-unsaturated/α-hetero) is 1. The molecule has 9 heteroatoms. The molecule has 1 unspecified atom stereocenters. The van der Waals surface area contributed by atoms with Crippen molar-refractivity contribution in [2.75, 3.05) is 39.0 Å². The van der Waals surface area contributed by atoms with E-state index in [0.29, 0.717) is 43.0 Å². The van der Waals surface area contributed by atoms with Crippen LogP contribution in [0.15, 0.2) is 12.1 Å². The summed E-state index contributed by atoms with van der Waals surface area (Å²) in [7, 11) is 2.66. The molecule has 4 bridgehead atoms. The van der Waals surface area contributed by atoms with E-state index < -0.39 is 28.9 Å². The van der Waals surface area contributed by atoms with Crippen molar-refractivity contribution in [3.63, 3.8) is 0 Å². The highest BCUT2D eigenvalue weighted by Crippen LogP contribution is 2.75. The molecule has 4 fully saturated rings. The number of esters is 1. The molecular formula is C24H26N2O7. The second kappa shape index (κ2) is 6.00. The summed E-state index contributed by atoms with van der Waals surface area (Å²) in [5, 5.41) is 0. The maximum atomic E-state index is 13.9. The predicted octanol–water partition coefficient (Wildman–Crippen LogP) is 2.00. The number of fused-ring (bicyclic) bond motifs is 3. The molecule has 1 aromatic carbocycles. The first-order valence-corrected chi connectivity index (χ1v) is 11.6. The average Bonchev–Trinajstić information content (AvgIpc) is 3.49. The van der Waals surface area contributed by atoms with Crippen molar-refractivity contribution >= 4 is 23.5 Å². The molecule has 2 saturated carbocycles. The summed E-state index contributed by atoms with van der Waals surface area (Å²) in [6.45, 7) is 1.50. The van der Waals surface area contributed by atoms with E-state index in [0.717, 1.165) is 24.9 Å². The first kappa shape index (κ1) is 19.6. The number of amides is 1. The number of piperidine rings is 1. The Morgan fingerprint density at radius 2 is 1.97 bits per heavy atom. The van der Waals surface area contributed by atoms with E-state index in [1.165, 1.54) is 19.1 Å². The van der Waals surface area contributed by atoms with Crippen LogP contribution >= 0.6 is 0 Å². The predicted molar refractivity (Wildman–Crippen MR) is 113 cm³/mol. The van der Waals surface area contributed by atoms with Crippen LogP contribution in [0.25, 0.3) is 0 Å². The normalized spacial score (nSPS) is 39.2. The molecule has 4 aliphatic heterocycles. The SMILES string of the molecule is COC(=O)N1c2c(ccc3c2OCO3)[C@@]23C4CN5CCC[C@@](CC[C@]12C(=O)OC)(CC4=O)[C@H]53. The molecular weight excluding hydrogens is 428 g/mol. The first-order valence-electron chi connectivity index (χ1n) is 11.6. The number of hydrogen-bond donors (Lipinski definition) is 0. The lowest BCUT2D eigenvalue weighted by Gasteiger charge is -2.64. The fourth-order valence-corrected chi connectivity index (χ4v) is 8.76. The second-order valence-corrected chi connectivity index (χ2v) is 10.3. The van der Waals surface area contributed by atoms with Crippen LogP contribution in [0.2, 0.25) is 0 Å². The number of ketones is 1. The van der Waals surface area contributed by atoms with Gasteiger partial charge in [-0.1, -0.05) is 6.07 Å². The summed E-state index contributed by atoms with van der Waals surface area (Å²) in [6.07, 6.45) is 2.94. The van der Waals surface area contributed by atoms with E-state index >= 15 is 0 Å². The fraction of sp³-hybridized carbons (Fsp3) is 0.625. The third kappa shape index (κ3) is 1.84. The van der Waals surface area contributed by atoms with Crippen molar-refractivity contribution in [1.29, 1.82) is 0 Å². The van der Waals surface area contributed by atoms with Gasteiger partial charge in [0.1, 0.15) is 5.78 Å². The van der Waals surface area contributed by atoms with Crippen LogP contribution in [-0.4, -0.2) is 68.4 Å². The minimum absolute atomic E-state index is 0.0286. The Hall–Kier alpha value is -2.81. The Balaban J connectivity index is 1.63. The average molecular weight is 454 g/mol. The Morgan fingerprint density at radius 1 is 1.12 bits per heavy atom. The Labute approximate surface area is 190 Å². The number of anilines is 1. The van der Waals surface area contributed by atoms with Gasteiger partial charge < -0.3 is 18.9 Å². The van der Waals surface area contributed by atoms with Gasteiger partial charge in [0.2, 0.25) is 6.79 Å². The molecule has 0 N–H and O–H groups in total. The molecule has 4 heterocycles. The van der Waals surface area contributed by atoms with Crippen LogP contribution in [0, 0.1) is 11.3 Å². The number of benzene rings is 1. The maximum absolute atomic E-state index is 13.9. The molecule has 7 rings (SSSR count). The first-order chi connectivity index (χ1) is 16.0. The van der Waals surface area contributed by atoms with E-state index in [2.05, 4.69) is 4.90 Å². The molecule has 9 nitrogen and oxygen atoms in total. The quantitative estimate of drug-likeness (QED) is 0.595. The monoisotopic (exact) mass is 454 g/mol. The van der Waals surface area contributed by atoms with Crippen molar-refractivity contribution in [1.82, 2.24) is 4.90 Å². The topological polar surface area (TPSA) is 94.6 Å². The van der Waals surface area contributed by atoms with Crippen LogP contribution in [0.3, 0.4) is 0 Å². The van der Waals surface area contributed by atoms with Gasteiger partial charge in [-0.15, -0.1) is 0 Å². The summed E-state index contributed by atoms with van der Waals surface area (Å²) in [5.74, 6) is 0.206. The van der Waals surface area contributed by atoms with Gasteiger partial charge in [-0.05, 0) is 49.3 Å². The van der Waals surface area contributed by atoms with Gasteiger partial charge >= 0.3 is 12.1 Å². The van der Waals surface area contributed by atoms with Crippen LogP contribution in [0.1, 0.15) is 37.7 Å². The van der Waals surface area contributed by atoms with Gasteiger partial charge in [-0.25, -0.2) is 9.59 Å². The molecule has 2 saturated heterocycles. The number of carbonyl (C=O) groups excluding carboxylic acids is 3. The summed E-state index contributed by atoms with van der Waals surface area (Å²) < 4.78 is 22.2. The summed E-state index contributed by atoms with van der Waals surface area (Å²) in [6, 6.07) is 3.73. The molecule has 0 radical (unpaired) electrons. The van der Waals surface area contributed by atoms with Gasteiger partial charge in [0, 0.05) is 24.9 Å². The number of ether oxygens (including phenoxy) is 4. The molecule has 6 aliphatic rings. The number of nitrogens with zero attached hydrogens (tertiary/aromatic N) is 2. The molecule has 174 valence electrons. The van der Waals surface area contributed by atoms with E-state index in [9.17, 15) is 14.4 Å². The van der Waals surface area contributed by atoms with Crippen LogP contribution < -0.4 is 14.4 Å². The fourth-order valence-electron chi connectivity index (χ4n) is 8.76. The second-order valence-electron chi connectivity index (χ2n) is 10.3. The summed E-state index contributed by atoms with van der Waals surface area (Å²) >= 11 is 0. The smallest absolute Gasteiger partial charge is 0.415 e. The third-order valence-electron chi connectivity index (χ3n) is 9.49. The number of carbonyl (C=O) groups is 3. The molecule has 1 amide bonds. The highest BCUT2D eigenvalue weighted by Gasteiger charge is 2.84. The number of methoxy groups -OCH3 is 2. The Bertz CT molecular complexity index is 1140. The molecule has 0 aromatic heterocycles. The zero-order chi connectivity index (χ0) is 22.8. The van der Waals surface area contributed by atoms with Gasteiger partial charge in [-0.2, -0.15) is 0 Å². The maximum Gasteiger partial charge on any atom is 0.415 e. The van der Waals surface area contributed by atoms with Crippen LogP contribution in [0.5, 0.6) is 11.5 Å². The molecule has 5 atom stereocenters. The largest absolute Gasteiger partial charge is 0.467 e. The number of hydrogen-bond acceptors (Lipinski definition) is 8. The van der Waals surface area contributed by atoms with Crippen molar-refractivity contribution in [3.8, 4) is 11.5 Å². The highest BCUT2D eigenvalue weighted by molar-refractivity contribution is 6.08. The lowest BCUT2D eigenvalue weighted by Crippen LogP contribution is -2.78. The summed E-state index contributed by atoms with van der Waals surface area (Å²) in [4.78, 5) is 45.1. The van der Waals surface area contributed by atoms with Gasteiger partial charge in [0.15, 0.2) is 17.0 Å². The van der Waals surface area contributed by atoms with E-state index in [1.54, 1.807) is 0 Å². The van der Waals surface area contributed by atoms with Crippen molar-refractivity contribution in [3.05, 3.63) is 17.7 Å².